The maximum Gasteiger partial charge on any atom is 0.331 e. The van der Waals surface area contributed by atoms with E-state index in [1.54, 1.807) is 25.1 Å². The Kier molecular flexibility index (Phi) is 3.44. The maximum atomic E-state index is 11.4. The minimum absolute atomic E-state index is 0.124. The molecule has 0 saturated carbocycles. The fourth-order valence-corrected chi connectivity index (χ4v) is 2.18. The van der Waals surface area contributed by atoms with Crippen LogP contribution in [0.3, 0.4) is 0 Å². The molecule has 0 spiro atoms. The third-order valence-corrected chi connectivity index (χ3v) is 3.31. The highest BCUT2D eigenvalue weighted by atomic mass is 16.5. The molecule has 1 atom stereocenters. The Morgan fingerprint density at radius 3 is 2.68 bits per heavy atom. The number of carboxylic acid groups (broad SMARTS) is 1. The zero-order valence-electron chi connectivity index (χ0n) is 10.6. The topological polar surface area (TPSA) is 102 Å². The van der Waals surface area contributed by atoms with Gasteiger partial charge in [0.2, 0.25) is 5.91 Å². The number of nitrogens with two attached hydrogens (primary N) is 1. The molecule has 4 N–H and O–H groups in total. The molecule has 0 radical (unpaired) electrons. The van der Waals surface area contributed by atoms with Crippen LogP contribution in [0.15, 0.2) is 18.2 Å². The van der Waals surface area contributed by atoms with Gasteiger partial charge in [0, 0.05) is 24.3 Å². The van der Waals surface area contributed by atoms with Gasteiger partial charge in [-0.05, 0) is 30.7 Å². The van der Waals surface area contributed by atoms with Gasteiger partial charge in [0.25, 0.3) is 0 Å². The number of aryl methyl sites for hydroxylation is 1. The highest BCUT2D eigenvalue weighted by Crippen LogP contribution is 2.26. The largest absolute Gasteiger partial charge is 0.479 e. The molecular formula is C13H16N2O4. The molecule has 0 bridgehead atoms. The molecule has 1 aromatic carbocycles. The van der Waals surface area contributed by atoms with Gasteiger partial charge in [0.05, 0.1) is 6.61 Å². The van der Waals surface area contributed by atoms with Gasteiger partial charge in [-0.1, -0.05) is 0 Å². The number of primary amides is 1. The molecular weight excluding hydrogens is 248 g/mol. The monoisotopic (exact) mass is 264 g/mol. The quantitative estimate of drug-likeness (QED) is 0.744. The first kappa shape index (κ1) is 13.4. The van der Waals surface area contributed by atoms with Gasteiger partial charge in [-0.25, -0.2) is 4.79 Å². The minimum Gasteiger partial charge on any atom is -0.479 e. The highest BCUT2D eigenvalue weighted by molar-refractivity contribution is 5.94. The molecule has 1 amide bonds. The molecule has 1 aliphatic heterocycles. The van der Waals surface area contributed by atoms with Crippen molar-refractivity contribution in [1.29, 1.82) is 0 Å². The zero-order valence-corrected chi connectivity index (χ0v) is 10.6. The number of carbonyl (C=O) groups is 2. The van der Waals surface area contributed by atoms with E-state index in [0.717, 1.165) is 0 Å². The Labute approximate surface area is 110 Å². The standard InChI is InChI=1S/C13H16N2O4/c1-8-6-9(2-3-10(8)11(14)16)15-13(12(17)18)4-5-19-7-13/h2-3,6,15H,4-5,7H2,1H3,(H2,14,16)(H,17,18). The van der Waals surface area contributed by atoms with Crippen molar-refractivity contribution >= 4 is 17.6 Å². The van der Waals surface area contributed by atoms with E-state index < -0.39 is 17.4 Å². The molecule has 102 valence electrons. The predicted octanol–water partition coefficient (Wildman–Crippen LogP) is 0.750. The van der Waals surface area contributed by atoms with E-state index >= 15 is 0 Å². The average Bonchev–Trinajstić information content (AvgIpc) is 2.78. The van der Waals surface area contributed by atoms with Crippen molar-refractivity contribution in [3.63, 3.8) is 0 Å². The molecule has 1 aliphatic rings. The first-order chi connectivity index (χ1) is 8.94. The summed E-state index contributed by atoms with van der Waals surface area (Å²) in [6.07, 6.45) is 0.402. The molecule has 1 fully saturated rings. The summed E-state index contributed by atoms with van der Waals surface area (Å²) in [6.45, 7) is 2.29. The zero-order chi connectivity index (χ0) is 14.0. The third-order valence-electron chi connectivity index (χ3n) is 3.31. The molecule has 1 saturated heterocycles. The Balaban J connectivity index is 2.26. The lowest BCUT2D eigenvalue weighted by Gasteiger charge is -2.25. The first-order valence-corrected chi connectivity index (χ1v) is 5.94. The number of rotatable bonds is 4. The van der Waals surface area contributed by atoms with E-state index in [0.29, 0.717) is 29.8 Å². The van der Waals surface area contributed by atoms with Crippen molar-refractivity contribution in [3.8, 4) is 0 Å². The van der Waals surface area contributed by atoms with Crippen molar-refractivity contribution in [2.24, 2.45) is 5.73 Å². The van der Waals surface area contributed by atoms with Crippen molar-refractivity contribution in [2.75, 3.05) is 18.5 Å². The predicted molar refractivity (Wildman–Crippen MR) is 69.1 cm³/mol. The molecule has 1 unspecified atom stereocenters. The number of anilines is 1. The van der Waals surface area contributed by atoms with Gasteiger partial charge in [-0.2, -0.15) is 0 Å². The molecule has 2 rings (SSSR count). The maximum absolute atomic E-state index is 11.4. The van der Waals surface area contributed by atoms with Crippen LogP contribution in [0, 0.1) is 6.92 Å². The van der Waals surface area contributed by atoms with Gasteiger partial charge in [0.15, 0.2) is 5.54 Å². The molecule has 0 aliphatic carbocycles. The number of benzene rings is 1. The SMILES string of the molecule is Cc1cc(NC2(C(=O)O)CCOC2)ccc1C(N)=O. The lowest BCUT2D eigenvalue weighted by molar-refractivity contribution is -0.142. The smallest absolute Gasteiger partial charge is 0.331 e. The fraction of sp³-hybridized carbons (Fsp3) is 0.385. The second-order valence-corrected chi connectivity index (χ2v) is 4.71. The van der Waals surface area contributed by atoms with Crippen LogP contribution in [0.5, 0.6) is 0 Å². The van der Waals surface area contributed by atoms with Gasteiger partial charge < -0.3 is 20.9 Å². The Morgan fingerprint density at radius 1 is 1.47 bits per heavy atom. The van der Waals surface area contributed by atoms with E-state index in [2.05, 4.69) is 5.32 Å². The van der Waals surface area contributed by atoms with Gasteiger partial charge in [-0.3, -0.25) is 4.79 Å². The first-order valence-electron chi connectivity index (χ1n) is 5.94. The average molecular weight is 264 g/mol. The Morgan fingerprint density at radius 2 is 2.21 bits per heavy atom. The van der Waals surface area contributed by atoms with Gasteiger partial charge in [-0.15, -0.1) is 0 Å². The summed E-state index contributed by atoms with van der Waals surface area (Å²) in [5.74, 6) is -1.44. The van der Waals surface area contributed by atoms with Crippen molar-refractivity contribution in [3.05, 3.63) is 29.3 Å². The summed E-state index contributed by atoms with van der Waals surface area (Å²) in [6, 6.07) is 4.95. The van der Waals surface area contributed by atoms with Gasteiger partial charge >= 0.3 is 5.97 Å². The fourth-order valence-electron chi connectivity index (χ4n) is 2.18. The summed E-state index contributed by atoms with van der Waals surface area (Å²) < 4.78 is 5.17. The van der Waals surface area contributed by atoms with Crippen LogP contribution in [0.4, 0.5) is 5.69 Å². The molecule has 6 heteroatoms. The summed E-state index contributed by atoms with van der Waals surface area (Å²) in [4.78, 5) is 22.5. The van der Waals surface area contributed by atoms with Crippen LogP contribution < -0.4 is 11.1 Å². The van der Waals surface area contributed by atoms with E-state index in [1.165, 1.54) is 0 Å². The van der Waals surface area contributed by atoms with Crippen molar-refractivity contribution < 1.29 is 19.4 Å². The number of carboxylic acids is 1. The van der Waals surface area contributed by atoms with Crippen LogP contribution in [0.25, 0.3) is 0 Å². The number of carbonyl (C=O) groups excluding carboxylic acids is 1. The Hall–Kier alpha value is -2.08. The third kappa shape index (κ3) is 2.53. The molecule has 1 aromatic rings. The molecule has 1 heterocycles. The number of ether oxygens (including phenoxy) is 1. The minimum atomic E-state index is -1.10. The number of nitrogens with one attached hydrogen (secondary N) is 1. The summed E-state index contributed by atoms with van der Waals surface area (Å²) in [7, 11) is 0. The summed E-state index contributed by atoms with van der Waals surface area (Å²) in [5.41, 5.74) is 5.90. The van der Waals surface area contributed by atoms with Crippen LogP contribution in [-0.4, -0.2) is 35.7 Å². The molecule has 19 heavy (non-hydrogen) atoms. The summed E-state index contributed by atoms with van der Waals surface area (Å²) in [5, 5.41) is 12.3. The van der Waals surface area contributed by atoms with Crippen molar-refractivity contribution in [1.82, 2.24) is 0 Å². The van der Waals surface area contributed by atoms with E-state index in [4.69, 9.17) is 10.5 Å². The second kappa shape index (κ2) is 4.89. The number of hydrogen-bond donors (Lipinski definition) is 3. The van der Waals surface area contributed by atoms with E-state index in [9.17, 15) is 14.7 Å². The van der Waals surface area contributed by atoms with Crippen molar-refractivity contribution in [2.45, 2.75) is 18.9 Å². The van der Waals surface area contributed by atoms with Crippen LogP contribution in [0.2, 0.25) is 0 Å². The van der Waals surface area contributed by atoms with Crippen LogP contribution in [-0.2, 0) is 9.53 Å². The normalized spacial score (nSPS) is 22.2. The van der Waals surface area contributed by atoms with Crippen LogP contribution in [0.1, 0.15) is 22.3 Å². The number of hydrogen-bond acceptors (Lipinski definition) is 4. The van der Waals surface area contributed by atoms with Gasteiger partial charge in [0.1, 0.15) is 0 Å². The van der Waals surface area contributed by atoms with E-state index in [1.807, 2.05) is 0 Å². The van der Waals surface area contributed by atoms with E-state index in [-0.39, 0.29) is 6.61 Å². The number of aliphatic carboxylic acids is 1. The second-order valence-electron chi connectivity index (χ2n) is 4.71. The lowest BCUT2D eigenvalue weighted by atomic mass is 9.98. The Bertz CT molecular complexity index is 521. The molecule has 0 aromatic heterocycles. The summed E-state index contributed by atoms with van der Waals surface area (Å²) >= 11 is 0. The number of amides is 1. The molecule has 6 nitrogen and oxygen atoms in total. The highest BCUT2D eigenvalue weighted by Gasteiger charge is 2.42. The lowest BCUT2D eigenvalue weighted by Crippen LogP contribution is -2.47. The van der Waals surface area contributed by atoms with Crippen LogP contribution >= 0.6 is 0 Å².